The molecule has 2 rings (SSSR count). The van der Waals surface area contributed by atoms with Crippen LogP contribution in [0.3, 0.4) is 0 Å². The Labute approximate surface area is 214 Å². The minimum Gasteiger partial charge on any atom is -0.465 e. The topological polar surface area (TPSA) is 181 Å². The standard InChI is InChI=1S/C21H35N4O9PS/c1-5-31-18(27)12-34-35(30,24-15(9-13(3)4)20(28)32-6-2)33-11-14-10-16(26)19(36-14)25-8-7-17(22)23-21(25)29/h7-8,13-16,19,26H,5-6,9-12H2,1-4H3,(H,24,30)(H2,22,23,29)/t14?,15-,16?,19?,35?/m0/s1. The van der Waals surface area contributed by atoms with Crippen LogP contribution in [0, 0.1) is 5.92 Å². The Bertz CT molecular complexity index is 992. The van der Waals surface area contributed by atoms with E-state index in [4.69, 9.17) is 24.3 Å². The van der Waals surface area contributed by atoms with Gasteiger partial charge in [-0.2, -0.15) is 4.98 Å². The Balaban J connectivity index is 2.14. The minimum absolute atomic E-state index is 0.0403. The molecule has 1 fully saturated rings. The maximum Gasteiger partial charge on any atom is 0.406 e. The van der Waals surface area contributed by atoms with Crippen molar-refractivity contribution in [3.8, 4) is 0 Å². The molecule has 13 nitrogen and oxygen atoms in total. The molecule has 0 aromatic carbocycles. The fourth-order valence-corrected chi connectivity index (χ4v) is 6.45. The Kier molecular flexibility index (Phi) is 11.9. The normalized spacial score (nSPS) is 22.2. The van der Waals surface area contributed by atoms with Gasteiger partial charge in [0.15, 0.2) is 6.61 Å². The number of carbonyl (C=O) groups excluding carboxylic acids is 2. The molecule has 0 spiro atoms. The Hall–Kier alpha value is -1.96. The highest BCUT2D eigenvalue weighted by Gasteiger charge is 2.39. The number of hydrogen-bond donors (Lipinski definition) is 3. The Morgan fingerprint density at radius 2 is 2.00 bits per heavy atom. The van der Waals surface area contributed by atoms with Crippen LogP contribution in [-0.2, 0) is 32.7 Å². The Morgan fingerprint density at radius 1 is 1.31 bits per heavy atom. The van der Waals surface area contributed by atoms with E-state index < -0.39 is 49.5 Å². The van der Waals surface area contributed by atoms with Crippen LogP contribution in [0.15, 0.2) is 17.1 Å². The molecule has 0 saturated carbocycles. The number of nitrogens with one attached hydrogen (secondary N) is 1. The third-order valence-corrected chi connectivity index (χ3v) is 8.09. The molecule has 1 saturated heterocycles. The minimum atomic E-state index is -4.21. The van der Waals surface area contributed by atoms with Crippen LogP contribution < -0.4 is 16.5 Å². The monoisotopic (exact) mass is 550 g/mol. The van der Waals surface area contributed by atoms with E-state index in [1.165, 1.54) is 28.6 Å². The van der Waals surface area contributed by atoms with Crippen LogP contribution >= 0.6 is 19.5 Å². The summed E-state index contributed by atoms with van der Waals surface area (Å²) >= 11 is 1.23. The lowest BCUT2D eigenvalue weighted by Gasteiger charge is -2.25. The first-order valence-corrected chi connectivity index (χ1v) is 14.1. The lowest BCUT2D eigenvalue weighted by Crippen LogP contribution is -2.38. The number of ether oxygens (including phenoxy) is 2. The Morgan fingerprint density at radius 3 is 2.61 bits per heavy atom. The van der Waals surface area contributed by atoms with Gasteiger partial charge in [0.25, 0.3) is 0 Å². The summed E-state index contributed by atoms with van der Waals surface area (Å²) in [7, 11) is -4.21. The summed E-state index contributed by atoms with van der Waals surface area (Å²) in [6.45, 7) is 6.43. The largest absolute Gasteiger partial charge is 0.465 e. The van der Waals surface area contributed by atoms with Gasteiger partial charge in [0, 0.05) is 11.4 Å². The second-order valence-corrected chi connectivity index (χ2v) is 11.6. The number of aromatic nitrogens is 2. The predicted molar refractivity (Wildman–Crippen MR) is 133 cm³/mol. The predicted octanol–water partition coefficient (Wildman–Crippen LogP) is 1.46. The van der Waals surface area contributed by atoms with Gasteiger partial charge in [-0.25, -0.2) is 19.2 Å². The van der Waals surface area contributed by atoms with Crippen molar-refractivity contribution < 1.29 is 37.8 Å². The summed E-state index contributed by atoms with van der Waals surface area (Å²) < 4.78 is 35.7. The highest BCUT2D eigenvalue weighted by molar-refractivity contribution is 8.00. The highest BCUT2D eigenvalue weighted by Crippen LogP contribution is 2.48. The van der Waals surface area contributed by atoms with Crippen molar-refractivity contribution in [3.05, 3.63) is 22.7 Å². The van der Waals surface area contributed by atoms with Crippen LogP contribution in [0.25, 0.3) is 0 Å². The van der Waals surface area contributed by atoms with Crippen molar-refractivity contribution in [3.63, 3.8) is 0 Å². The maximum atomic E-state index is 13.6. The van der Waals surface area contributed by atoms with Gasteiger partial charge in [-0.15, -0.1) is 11.8 Å². The molecular weight excluding hydrogens is 515 g/mol. The summed E-state index contributed by atoms with van der Waals surface area (Å²) in [5.41, 5.74) is 4.92. The van der Waals surface area contributed by atoms with E-state index in [0.29, 0.717) is 0 Å². The summed E-state index contributed by atoms with van der Waals surface area (Å²) in [6, 6.07) is 0.441. The second kappa shape index (κ2) is 14.1. The van der Waals surface area contributed by atoms with Crippen LogP contribution in [-0.4, -0.2) is 70.4 Å². The van der Waals surface area contributed by atoms with Gasteiger partial charge in [-0.3, -0.25) is 18.4 Å². The van der Waals surface area contributed by atoms with E-state index in [1.807, 2.05) is 13.8 Å². The third kappa shape index (κ3) is 9.16. The van der Waals surface area contributed by atoms with Crippen LogP contribution in [0.2, 0.25) is 0 Å². The van der Waals surface area contributed by atoms with Gasteiger partial charge in [0.05, 0.1) is 25.9 Å². The SMILES string of the molecule is CCOC(=O)COP(=O)(N[C@@H](CC(C)C)C(=O)OCC)OCC1CC(O)C(n2ccc(N)nc2=O)S1. The van der Waals surface area contributed by atoms with E-state index in [1.54, 1.807) is 13.8 Å². The van der Waals surface area contributed by atoms with Gasteiger partial charge in [0.2, 0.25) is 0 Å². The zero-order valence-electron chi connectivity index (χ0n) is 20.8. The molecule has 5 atom stereocenters. The first kappa shape index (κ1) is 30.3. The quantitative estimate of drug-likeness (QED) is 0.224. The number of aliphatic hydroxyl groups excluding tert-OH is 1. The number of nitrogens with zero attached hydrogens (tertiary/aromatic N) is 2. The average molecular weight is 551 g/mol. The van der Waals surface area contributed by atoms with Crippen molar-refractivity contribution in [2.45, 2.75) is 63.3 Å². The van der Waals surface area contributed by atoms with Crippen molar-refractivity contribution in [2.24, 2.45) is 5.92 Å². The van der Waals surface area contributed by atoms with Crippen LogP contribution in [0.1, 0.15) is 45.9 Å². The molecule has 204 valence electrons. The molecule has 1 aromatic rings. The molecule has 0 aliphatic carbocycles. The smallest absolute Gasteiger partial charge is 0.406 e. The van der Waals surface area contributed by atoms with E-state index in [9.17, 15) is 24.1 Å². The van der Waals surface area contributed by atoms with E-state index in [-0.39, 0.29) is 49.6 Å². The molecule has 0 bridgehead atoms. The van der Waals surface area contributed by atoms with Gasteiger partial charge in [-0.05, 0) is 38.7 Å². The lowest BCUT2D eigenvalue weighted by molar-refractivity contribution is -0.145. The second-order valence-electron chi connectivity index (χ2n) is 8.43. The average Bonchev–Trinajstić information content (AvgIpc) is 3.16. The molecule has 36 heavy (non-hydrogen) atoms. The van der Waals surface area contributed by atoms with E-state index in [2.05, 4.69) is 10.1 Å². The zero-order chi connectivity index (χ0) is 26.9. The van der Waals surface area contributed by atoms with Gasteiger partial charge < -0.3 is 20.3 Å². The van der Waals surface area contributed by atoms with Crippen molar-refractivity contribution in [1.29, 1.82) is 0 Å². The number of thioether (sulfide) groups is 1. The maximum absolute atomic E-state index is 13.6. The molecule has 2 heterocycles. The number of carbonyl (C=O) groups is 2. The van der Waals surface area contributed by atoms with Crippen LogP contribution in [0.4, 0.5) is 5.82 Å². The van der Waals surface area contributed by atoms with Gasteiger partial charge in [-0.1, -0.05) is 13.8 Å². The first-order chi connectivity index (χ1) is 17.0. The lowest BCUT2D eigenvalue weighted by atomic mass is 10.1. The number of nitrogens with two attached hydrogens (primary N) is 1. The molecule has 15 heteroatoms. The van der Waals surface area contributed by atoms with Gasteiger partial charge >= 0.3 is 25.4 Å². The number of esters is 2. The summed E-state index contributed by atoms with van der Waals surface area (Å²) in [5.74, 6) is -1.27. The molecule has 1 aliphatic heterocycles. The van der Waals surface area contributed by atoms with Crippen molar-refractivity contribution in [1.82, 2.24) is 14.6 Å². The molecule has 4 N–H and O–H groups in total. The number of aliphatic hydroxyl groups is 1. The van der Waals surface area contributed by atoms with E-state index in [0.717, 1.165) is 0 Å². The number of rotatable bonds is 14. The molecule has 0 amide bonds. The highest BCUT2D eigenvalue weighted by atomic mass is 32.2. The van der Waals surface area contributed by atoms with Crippen molar-refractivity contribution in [2.75, 3.05) is 32.2 Å². The fourth-order valence-electron chi connectivity index (χ4n) is 3.45. The van der Waals surface area contributed by atoms with Gasteiger partial charge in [0.1, 0.15) is 17.2 Å². The molecule has 0 radical (unpaired) electrons. The molecule has 1 aromatic heterocycles. The molecular formula is C21H35N4O9PS. The molecule has 1 aliphatic rings. The number of hydrogen-bond acceptors (Lipinski definition) is 12. The first-order valence-electron chi connectivity index (χ1n) is 11.6. The van der Waals surface area contributed by atoms with Crippen molar-refractivity contribution >= 4 is 37.3 Å². The summed E-state index contributed by atoms with van der Waals surface area (Å²) in [4.78, 5) is 40.1. The van der Waals surface area contributed by atoms with E-state index >= 15 is 0 Å². The number of nitrogen functional groups attached to an aromatic ring is 1. The number of anilines is 1. The van der Waals surface area contributed by atoms with Crippen LogP contribution in [0.5, 0.6) is 0 Å². The summed E-state index contributed by atoms with van der Waals surface area (Å²) in [5, 5.41) is 12.1. The zero-order valence-corrected chi connectivity index (χ0v) is 22.5. The molecule has 4 unspecified atom stereocenters. The summed E-state index contributed by atoms with van der Waals surface area (Å²) in [6.07, 6.45) is 1.03. The fraction of sp³-hybridized carbons (Fsp3) is 0.714. The third-order valence-electron chi connectivity index (χ3n) is 4.97.